The summed E-state index contributed by atoms with van der Waals surface area (Å²) in [5.74, 6) is -0.270. The Hall–Kier alpha value is -2.24. The zero-order valence-corrected chi connectivity index (χ0v) is 12.3. The Kier molecular flexibility index (Phi) is 5.03. The summed E-state index contributed by atoms with van der Waals surface area (Å²) in [6.07, 6.45) is -0.586. The molecular weight excluding hydrogens is 268 g/mol. The van der Waals surface area contributed by atoms with Crippen LogP contribution in [0.5, 0.6) is 0 Å². The lowest BCUT2D eigenvalue weighted by Gasteiger charge is -2.13. The van der Waals surface area contributed by atoms with Crippen LogP contribution in [0.4, 0.5) is 5.69 Å². The number of methoxy groups -OCH3 is 2. The number of benzene rings is 1. The molecule has 1 aromatic heterocycles. The maximum Gasteiger partial charge on any atom is 0.274 e. The SMILES string of the molecule is COC(OC)c1cccc(C(=O)Nc2cccc(C)c2)n1. The van der Waals surface area contributed by atoms with E-state index in [1.54, 1.807) is 18.2 Å². The summed E-state index contributed by atoms with van der Waals surface area (Å²) in [7, 11) is 3.05. The Labute approximate surface area is 123 Å². The standard InChI is InChI=1S/C16H18N2O3/c1-11-6-4-7-12(10-11)17-15(19)13-8-5-9-14(18-13)16(20-2)21-3/h4-10,16H,1-3H3,(H,17,19). The number of carbonyl (C=O) groups is 1. The van der Waals surface area contributed by atoms with Crippen molar-refractivity contribution >= 4 is 11.6 Å². The average Bonchev–Trinajstić information content (AvgIpc) is 2.49. The van der Waals surface area contributed by atoms with Crippen LogP contribution in [0.3, 0.4) is 0 Å². The van der Waals surface area contributed by atoms with Gasteiger partial charge in [-0.05, 0) is 36.8 Å². The number of rotatable bonds is 5. The minimum absolute atomic E-state index is 0.270. The van der Waals surface area contributed by atoms with Gasteiger partial charge >= 0.3 is 0 Å². The average molecular weight is 286 g/mol. The van der Waals surface area contributed by atoms with Crippen LogP contribution in [0.25, 0.3) is 0 Å². The van der Waals surface area contributed by atoms with E-state index >= 15 is 0 Å². The van der Waals surface area contributed by atoms with E-state index in [0.717, 1.165) is 11.3 Å². The molecule has 0 fully saturated rings. The van der Waals surface area contributed by atoms with Gasteiger partial charge in [0.15, 0.2) is 0 Å². The molecule has 110 valence electrons. The van der Waals surface area contributed by atoms with Gasteiger partial charge in [-0.3, -0.25) is 4.79 Å². The van der Waals surface area contributed by atoms with Crippen LogP contribution in [-0.4, -0.2) is 25.1 Å². The van der Waals surface area contributed by atoms with Crippen molar-refractivity contribution in [1.29, 1.82) is 0 Å². The summed E-state index contributed by atoms with van der Waals surface area (Å²) in [4.78, 5) is 16.5. The number of aryl methyl sites for hydroxylation is 1. The van der Waals surface area contributed by atoms with Crippen molar-refractivity contribution in [1.82, 2.24) is 4.98 Å². The molecule has 0 unspecified atom stereocenters. The van der Waals surface area contributed by atoms with Crippen molar-refractivity contribution in [3.05, 3.63) is 59.4 Å². The van der Waals surface area contributed by atoms with Gasteiger partial charge in [-0.15, -0.1) is 0 Å². The van der Waals surface area contributed by atoms with Crippen molar-refractivity contribution < 1.29 is 14.3 Å². The smallest absolute Gasteiger partial charge is 0.274 e. The highest BCUT2D eigenvalue weighted by Crippen LogP contribution is 2.16. The number of anilines is 1. The van der Waals surface area contributed by atoms with Gasteiger partial charge in [-0.1, -0.05) is 18.2 Å². The quantitative estimate of drug-likeness (QED) is 0.858. The lowest BCUT2D eigenvalue weighted by molar-refractivity contribution is -0.108. The number of hydrogen-bond acceptors (Lipinski definition) is 4. The van der Waals surface area contributed by atoms with E-state index < -0.39 is 6.29 Å². The summed E-state index contributed by atoms with van der Waals surface area (Å²) in [6.45, 7) is 1.97. The molecule has 1 amide bonds. The molecule has 0 aliphatic rings. The van der Waals surface area contributed by atoms with Gasteiger partial charge in [-0.2, -0.15) is 0 Å². The maximum absolute atomic E-state index is 12.2. The Morgan fingerprint density at radius 3 is 2.52 bits per heavy atom. The third kappa shape index (κ3) is 3.87. The van der Waals surface area contributed by atoms with Crippen LogP contribution < -0.4 is 5.32 Å². The Balaban J connectivity index is 2.18. The van der Waals surface area contributed by atoms with Gasteiger partial charge in [0.05, 0.1) is 5.69 Å². The monoisotopic (exact) mass is 286 g/mol. The topological polar surface area (TPSA) is 60.5 Å². The molecular formula is C16H18N2O3. The van der Waals surface area contributed by atoms with Crippen LogP contribution in [0, 0.1) is 6.92 Å². The Bertz CT molecular complexity index is 624. The molecule has 0 spiro atoms. The number of nitrogens with one attached hydrogen (secondary N) is 1. The Morgan fingerprint density at radius 2 is 1.86 bits per heavy atom. The molecule has 2 rings (SSSR count). The molecule has 1 aromatic carbocycles. The molecule has 2 aromatic rings. The largest absolute Gasteiger partial charge is 0.350 e. The highest BCUT2D eigenvalue weighted by Gasteiger charge is 2.14. The van der Waals surface area contributed by atoms with E-state index in [9.17, 15) is 4.79 Å². The van der Waals surface area contributed by atoms with Crippen molar-refractivity contribution in [3.63, 3.8) is 0 Å². The molecule has 0 saturated heterocycles. The predicted molar refractivity (Wildman–Crippen MR) is 80.1 cm³/mol. The number of amides is 1. The van der Waals surface area contributed by atoms with Gasteiger partial charge < -0.3 is 14.8 Å². The highest BCUT2D eigenvalue weighted by molar-refractivity contribution is 6.02. The zero-order valence-electron chi connectivity index (χ0n) is 12.3. The van der Waals surface area contributed by atoms with E-state index in [1.807, 2.05) is 31.2 Å². The van der Waals surface area contributed by atoms with E-state index in [1.165, 1.54) is 14.2 Å². The first-order valence-corrected chi connectivity index (χ1v) is 6.54. The van der Waals surface area contributed by atoms with Crippen LogP contribution >= 0.6 is 0 Å². The fourth-order valence-corrected chi connectivity index (χ4v) is 1.96. The van der Waals surface area contributed by atoms with Gasteiger partial charge in [0.25, 0.3) is 5.91 Å². The fraction of sp³-hybridized carbons (Fsp3) is 0.250. The minimum Gasteiger partial charge on any atom is -0.350 e. The third-order valence-electron chi connectivity index (χ3n) is 2.95. The molecule has 5 heteroatoms. The first-order valence-electron chi connectivity index (χ1n) is 6.54. The Morgan fingerprint density at radius 1 is 1.14 bits per heavy atom. The summed E-state index contributed by atoms with van der Waals surface area (Å²) in [5, 5.41) is 2.82. The molecule has 0 saturated carbocycles. The molecule has 1 N–H and O–H groups in total. The second-order valence-corrected chi connectivity index (χ2v) is 4.57. The molecule has 21 heavy (non-hydrogen) atoms. The number of carbonyl (C=O) groups excluding carboxylic acids is 1. The summed E-state index contributed by atoms with van der Waals surface area (Å²) in [5.41, 5.74) is 2.68. The zero-order chi connectivity index (χ0) is 15.2. The third-order valence-corrected chi connectivity index (χ3v) is 2.95. The molecule has 1 heterocycles. The molecule has 0 atom stereocenters. The molecule has 5 nitrogen and oxygen atoms in total. The molecule has 0 bridgehead atoms. The molecule has 0 aliphatic heterocycles. The summed E-state index contributed by atoms with van der Waals surface area (Å²) in [6, 6.07) is 12.7. The van der Waals surface area contributed by atoms with Crippen molar-refractivity contribution in [3.8, 4) is 0 Å². The number of ether oxygens (including phenoxy) is 2. The van der Waals surface area contributed by atoms with Crippen LogP contribution in [0.2, 0.25) is 0 Å². The van der Waals surface area contributed by atoms with E-state index in [-0.39, 0.29) is 5.91 Å². The number of pyridine rings is 1. The number of aromatic nitrogens is 1. The van der Waals surface area contributed by atoms with Crippen molar-refractivity contribution in [2.24, 2.45) is 0 Å². The van der Waals surface area contributed by atoms with Crippen molar-refractivity contribution in [2.45, 2.75) is 13.2 Å². The second kappa shape index (κ2) is 6.97. The van der Waals surface area contributed by atoms with E-state index in [0.29, 0.717) is 11.4 Å². The van der Waals surface area contributed by atoms with Gasteiger partial charge in [-0.25, -0.2) is 4.98 Å². The summed E-state index contributed by atoms with van der Waals surface area (Å²) >= 11 is 0. The number of nitrogens with zero attached hydrogens (tertiary/aromatic N) is 1. The highest BCUT2D eigenvalue weighted by atomic mass is 16.7. The first kappa shape index (κ1) is 15.2. The lowest BCUT2D eigenvalue weighted by Crippen LogP contribution is -2.16. The predicted octanol–water partition coefficient (Wildman–Crippen LogP) is 2.93. The normalized spacial score (nSPS) is 10.7. The fourth-order valence-electron chi connectivity index (χ4n) is 1.96. The van der Waals surface area contributed by atoms with Crippen molar-refractivity contribution in [2.75, 3.05) is 19.5 Å². The van der Waals surface area contributed by atoms with Crippen LogP contribution in [0.1, 0.15) is 28.0 Å². The van der Waals surface area contributed by atoms with E-state index in [4.69, 9.17) is 9.47 Å². The van der Waals surface area contributed by atoms with Gasteiger partial charge in [0, 0.05) is 19.9 Å². The first-order chi connectivity index (χ1) is 10.1. The lowest BCUT2D eigenvalue weighted by atomic mass is 10.2. The van der Waals surface area contributed by atoms with Gasteiger partial charge in [0.2, 0.25) is 6.29 Å². The summed E-state index contributed by atoms with van der Waals surface area (Å²) < 4.78 is 10.3. The van der Waals surface area contributed by atoms with E-state index in [2.05, 4.69) is 10.3 Å². The molecule has 0 radical (unpaired) electrons. The second-order valence-electron chi connectivity index (χ2n) is 4.57. The van der Waals surface area contributed by atoms with Crippen LogP contribution in [0.15, 0.2) is 42.5 Å². The van der Waals surface area contributed by atoms with Gasteiger partial charge in [0.1, 0.15) is 5.69 Å². The number of hydrogen-bond donors (Lipinski definition) is 1. The van der Waals surface area contributed by atoms with Crippen LogP contribution in [-0.2, 0) is 9.47 Å². The molecule has 0 aliphatic carbocycles. The maximum atomic E-state index is 12.2. The minimum atomic E-state index is -0.586.